The predicted molar refractivity (Wildman–Crippen MR) is 114 cm³/mol. The number of rotatable bonds is 3. The molecule has 0 aromatic carbocycles. The van der Waals surface area contributed by atoms with E-state index in [2.05, 4.69) is 22.5 Å². The van der Waals surface area contributed by atoms with E-state index in [1.807, 2.05) is 25.7 Å². The molecular formula is C22H40N4O3. The average molecular weight is 409 g/mol. The van der Waals surface area contributed by atoms with Crippen LogP contribution in [0, 0.1) is 0 Å². The van der Waals surface area contributed by atoms with Gasteiger partial charge in [0.2, 0.25) is 0 Å². The number of likely N-dealkylation sites (tertiary alicyclic amines) is 2. The first-order valence-corrected chi connectivity index (χ1v) is 11.4. The summed E-state index contributed by atoms with van der Waals surface area (Å²) in [6.45, 7) is 11.3. The van der Waals surface area contributed by atoms with Gasteiger partial charge in [0.25, 0.3) is 0 Å². The highest BCUT2D eigenvalue weighted by Crippen LogP contribution is 2.31. The molecule has 7 nitrogen and oxygen atoms in total. The van der Waals surface area contributed by atoms with Crippen molar-refractivity contribution in [3.05, 3.63) is 0 Å². The van der Waals surface area contributed by atoms with Crippen LogP contribution < -0.4 is 10.6 Å². The third kappa shape index (κ3) is 6.24. The molecule has 0 bridgehead atoms. The molecule has 0 spiro atoms. The summed E-state index contributed by atoms with van der Waals surface area (Å²) in [5.41, 5.74) is -0.468. The fourth-order valence-electron chi connectivity index (χ4n) is 4.91. The van der Waals surface area contributed by atoms with Crippen LogP contribution in [0.15, 0.2) is 0 Å². The van der Waals surface area contributed by atoms with E-state index in [4.69, 9.17) is 4.74 Å². The standard InChI is InChI=1S/C22H40N4O3/c1-21(2,3)29-20(28)25-15-12-22(4,16-25)26-13-10-18(11-14-26)24-19(27)23-17-8-6-5-7-9-17/h17-18H,5-16H2,1-4H3,(H2,23,24,27). The maximum atomic E-state index is 12.4. The van der Waals surface area contributed by atoms with Gasteiger partial charge in [-0.3, -0.25) is 4.90 Å². The quantitative estimate of drug-likeness (QED) is 0.750. The Kier molecular flexibility index (Phi) is 6.97. The minimum atomic E-state index is -0.460. The van der Waals surface area contributed by atoms with E-state index in [1.54, 1.807) is 0 Å². The lowest BCUT2D eigenvalue weighted by molar-refractivity contribution is 0.0227. The highest BCUT2D eigenvalue weighted by molar-refractivity contribution is 5.74. The summed E-state index contributed by atoms with van der Waals surface area (Å²) in [5.74, 6) is 0. The Bertz CT molecular complexity index is 577. The molecule has 2 aliphatic heterocycles. The number of urea groups is 1. The molecule has 1 aliphatic carbocycles. The zero-order valence-electron chi connectivity index (χ0n) is 18.8. The Hall–Kier alpha value is -1.50. The minimum absolute atomic E-state index is 0.00136. The zero-order valence-corrected chi connectivity index (χ0v) is 18.8. The molecule has 0 aromatic rings. The lowest BCUT2D eigenvalue weighted by Crippen LogP contribution is -2.56. The van der Waals surface area contributed by atoms with Crippen LogP contribution in [0.1, 0.15) is 79.1 Å². The number of piperidine rings is 1. The van der Waals surface area contributed by atoms with E-state index in [0.29, 0.717) is 12.6 Å². The second-order valence-corrected chi connectivity index (χ2v) is 10.4. The number of ether oxygens (including phenoxy) is 1. The van der Waals surface area contributed by atoms with Crippen molar-refractivity contribution in [1.29, 1.82) is 0 Å². The van der Waals surface area contributed by atoms with E-state index in [-0.39, 0.29) is 23.7 Å². The molecule has 3 amide bonds. The molecule has 2 N–H and O–H groups in total. The molecule has 1 atom stereocenters. The Balaban J connectivity index is 1.41. The smallest absolute Gasteiger partial charge is 0.410 e. The van der Waals surface area contributed by atoms with Gasteiger partial charge in [-0.15, -0.1) is 0 Å². The molecule has 0 radical (unpaired) electrons. The molecule has 166 valence electrons. The minimum Gasteiger partial charge on any atom is -0.444 e. The summed E-state index contributed by atoms with van der Waals surface area (Å²) in [5, 5.41) is 6.34. The van der Waals surface area contributed by atoms with Crippen molar-refractivity contribution < 1.29 is 14.3 Å². The van der Waals surface area contributed by atoms with E-state index in [9.17, 15) is 9.59 Å². The van der Waals surface area contributed by atoms with Gasteiger partial charge in [0.15, 0.2) is 0 Å². The summed E-state index contributed by atoms with van der Waals surface area (Å²) in [4.78, 5) is 29.1. The summed E-state index contributed by atoms with van der Waals surface area (Å²) >= 11 is 0. The molecule has 2 heterocycles. The molecule has 29 heavy (non-hydrogen) atoms. The maximum absolute atomic E-state index is 12.4. The van der Waals surface area contributed by atoms with Crippen LogP contribution in [0.25, 0.3) is 0 Å². The molecule has 3 aliphatic rings. The Morgan fingerprint density at radius 2 is 1.52 bits per heavy atom. The number of amides is 3. The third-order valence-electron chi connectivity index (χ3n) is 6.64. The molecule has 2 saturated heterocycles. The number of nitrogens with one attached hydrogen (secondary N) is 2. The largest absolute Gasteiger partial charge is 0.444 e. The monoisotopic (exact) mass is 408 g/mol. The van der Waals surface area contributed by atoms with Crippen molar-refractivity contribution in [2.24, 2.45) is 0 Å². The fourth-order valence-corrected chi connectivity index (χ4v) is 4.91. The highest BCUT2D eigenvalue weighted by Gasteiger charge is 2.43. The first kappa shape index (κ1) is 22.2. The van der Waals surface area contributed by atoms with E-state index < -0.39 is 5.60 Å². The van der Waals surface area contributed by atoms with Crippen LogP contribution in [0.4, 0.5) is 9.59 Å². The van der Waals surface area contributed by atoms with Crippen LogP contribution in [0.2, 0.25) is 0 Å². The van der Waals surface area contributed by atoms with Crippen LogP contribution >= 0.6 is 0 Å². The van der Waals surface area contributed by atoms with Crippen molar-refractivity contribution in [3.63, 3.8) is 0 Å². The number of nitrogens with zero attached hydrogens (tertiary/aromatic N) is 2. The fraction of sp³-hybridized carbons (Fsp3) is 0.909. The Morgan fingerprint density at radius 3 is 2.10 bits per heavy atom. The van der Waals surface area contributed by atoms with Crippen molar-refractivity contribution in [2.45, 2.75) is 102 Å². The van der Waals surface area contributed by atoms with Gasteiger partial charge in [-0.05, 0) is 59.8 Å². The number of carbonyl (C=O) groups excluding carboxylic acids is 2. The second-order valence-electron chi connectivity index (χ2n) is 10.4. The number of carbonyl (C=O) groups is 2. The summed E-state index contributed by atoms with van der Waals surface area (Å²) < 4.78 is 5.54. The topological polar surface area (TPSA) is 73.9 Å². The molecular weight excluding hydrogens is 368 g/mol. The van der Waals surface area contributed by atoms with Crippen molar-refractivity contribution in [2.75, 3.05) is 26.2 Å². The van der Waals surface area contributed by atoms with E-state index >= 15 is 0 Å². The van der Waals surface area contributed by atoms with Gasteiger partial charge < -0.3 is 20.3 Å². The SMILES string of the molecule is CC(C)(C)OC(=O)N1CCC(C)(N2CCC(NC(=O)NC3CCCCC3)CC2)C1. The van der Waals surface area contributed by atoms with Crippen molar-refractivity contribution in [1.82, 2.24) is 20.4 Å². The van der Waals surface area contributed by atoms with E-state index in [0.717, 1.165) is 51.7 Å². The normalized spacial score (nSPS) is 27.7. The summed E-state index contributed by atoms with van der Waals surface area (Å²) in [6, 6.07) is 0.584. The molecule has 1 saturated carbocycles. The predicted octanol–water partition coefficient (Wildman–Crippen LogP) is 3.48. The van der Waals surface area contributed by atoms with Gasteiger partial charge in [0.05, 0.1) is 0 Å². The van der Waals surface area contributed by atoms with Crippen LogP contribution in [-0.2, 0) is 4.74 Å². The second kappa shape index (κ2) is 9.11. The zero-order chi connectivity index (χ0) is 21.1. The third-order valence-corrected chi connectivity index (χ3v) is 6.64. The first-order chi connectivity index (χ1) is 13.6. The van der Waals surface area contributed by atoms with Crippen LogP contribution in [-0.4, -0.2) is 71.3 Å². The number of hydrogen-bond donors (Lipinski definition) is 2. The van der Waals surface area contributed by atoms with Crippen LogP contribution in [0.5, 0.6) is 0 Å². The molecule has 3 fully saturated rings. The molecule has 0 aromatic heterocycles. The molecule has 1 unspecified atom stereocenters. The van der Waals surface area contributed by atoms with Gasteiger partial charge in [0, 0.05) is 43.8 Å². The van der Waals surface area contributed by atoms with E-state index in [1.165, 1.54) is 19.3 Å². The van der Waals surface area contributed by atoms with Gasteiger partial charge in [-0.1, -0.05) is 19.3 Å². The van der Waals surface area contributed by atoms with Gasteiger partial charge in [0.1, 0.15) is 5.60 Å². The summed E-state index contributed by atoms with van der Waals surface area (Å²) in [7, 11) is 0. The molecule has 3 rings (SSSR count). The first-order valence-electron chi connectivity index (χ1n) is 11.4. The average Bonchev–Trinajstić information content (AvgIpc) is 3.05. The maximum Gasteiger partial charge on any atom is 0.410 e. The van der Waals surface area contributed by atoms with Gasteiger partial charge >= 0.3 is 12.1 Å². The lowest BCUT2D eigenvalue weighted by Gasteiger charge is -2.43. The van der Waals surface area contributed by atoms with Gasteiger partial charge in [-0.2, -0.15) is 0 Å². The molecule has 7 heteroatoms. The van der Waals surface area contributed by atoms with Gasteiger partial charge in [-0.25, -0.2) is 9.59 Å². The Labute approximate surface area is 175 Å². The van der Waals surface area contributed by atoms with Crippen molar-refractivity contribution in [3.8, 4) is 0 Å². The lowest BCUT2D eigenvalue weighted by atomic mass is 9.94. The highest BCUT2D eigenvalue weighted by atomic mass is 16.6. The van der Waals surface area contributed by atoms with Crippen molar-refractivity contribution >= 4 is 12.1 Å². The van der Waals surface area contributed by atoms with Crippen LogP contribution in [0.3, 0.4) is 0 Å². The Morgan fingerprint density at radius 1 is 0.931 bits per heavy atom. The number of hydrogen-bond acceptors (Lipinski definition) is 4. The summed E-state index contributed by atoms with van der Waals surface area (Å²) in [6.07, 6.45) is 8.63.